The predicted octanol–water partition coefficient (Wildman–Crippen LogP) is 1.15. The average Bonchev–Trinajstić information content (AvgIpc) is 3.27. The van der Waals surface area contributed by atoms with Crippen LogP contribution < -0.4 is 14.9 Å². The summed E-state index contributed by atoms with van der Waals surface area (Å²) in [5.41, 5.74) is 1.54. The third-order valence-electron chi connectivity index (χ3n) is 6.18. The van der Waals surface area contributed by atoms with Crippen LogP contribution in [0.4, 0.5) is 5.69 Å². The van der Waals surface area contributed by atoms with Crippen LogP contribution in [0.25, 0.3) is 22.4 Å². The van der Waals surface area contributed by atoms with Crippen molar-refractivity contribution in [2.45, 2.75) is 63.1 Å². The van der Waals surface area contributed by atoms with E-state index in [2.05, 4.69) is 49.2 Å². The van der Waals surface area contributed by atoms with E-state index < -0.39 is 10.0 Å². The predicted molar refractivity (Wildman–Crippen MR) is 124 cm³/mol. The lowest BCUT2D eigenvalue weighted by molar-refractivity contribution is 0.407. The lowest BCUT2D eigenvalue weighted by Gasteiger charge is -2.38. The minimum atomic E-state index is -3.75. The lowest BCUT2D eigenvalue weighted by Crippen LogP contribution is -2.54. The summed E-state index contributed by atoms with van der Waals surface area (Å²) < 4.78 is 29.6. The maximum atomic E-state index is 13.4. The number of anilines is 1. The molecule has 2 N–H and O–H groups in total. The van der Waals surface area contributed by atoms with Crippen molar-refractivity contribution < 1.29 is 8.42 Å². The van der Waals surface area contributed by atoms with Crippen molar-refractivity contribution >= 4 is 26.6 Å². The lowest BCUT2D eigenvalue weighted by atomic mass is 10.1. The fourth-order valence-electron chi connectivity index (χ4n) is 4.44. The van der Waals surface area contributed by atoms with Gasteiger partial charge in [0.1, 0.15) is 11.5 Å². The molecule has 2 aromatic heterocycles. The van der Waals surface area contributed by atoms with Gasteiger partial charge in [-0.05, 0) is 57.9 Å². The molecule has 2 aliphatic rings. The molecule has 33 heavy (non-hydrogen) atoms. The summed E-state index contributed by atoms with van der Waals surface area (Å²) in [6, 6.07) is 3.86. The highest BCUT2D eigenvalue weighted by Crippen LogP contribution is 2.38. The Hall–Kier alpha value is -2.70. The molecule has 3 aromatic rings. The third kappa shape index (κ3) is 4.30. The topological polar surface area (TPSA) is 131 Å². The molecule has 1 saturated heterocycles. The van der Waals surface area contributed by atoms with E-state index in [1.165, 1.54) is 4.80 Å². The van der Waals surface area contributed by atoms with Gasteiger partial charge in [-0.3, -0.25) is 0 Å². The van der Waals surface area contributed by atoms with Crippen LogP contribution in [0, 0.1) is 6.92 Å². The number of nitrogens with zero attached hydrogens (tertiary/aromatic N) is 7. The Bertz CT molecular complexity index is 1320. The molecule has 0 spiro atoms. The quantitative estimate of drug-likeness (QED) is 0.562. The van der Waals surface area contributed by atoms with Crippen LogP contribution in [-0.4, -0.2) is 69.3 Å². The number of sulfonamides is 1. The van der Waals surface area contributed by atoms with Gasteiger partial charge in [0.25, 0.3) is 0 Å². The fraction of sp³-hybridized carbons (Fsp3) is 0.571. The summed E-state index contributed by atoms with van der Waals surface area (Å²) in [6.07, 6.45) is 1.66. The molecular weight excluding hydrogens is 442 g/mol. The Morgan fingerprint density at radius 1 is 1.15 bits per heavy atom. The molecule has 0 bridgehead atoms. The first-order valence-electron chi connectivity index (χ1n) is 11.1. The number of fused-ring (bicyclic) bond motifs is 1. The van der Waals surface area contributed by atoms with E-state index in [0.717, 1.165) is 31.6 Å². The summed E-state index contributed by atoms with van der Waals surface area (Å²) in [5, 5.41) is 16.5. The molecule has 5 rings (SSSR count). The Kier molecular flexibility index (Phi) is 5.14. The molecule has 1 aliphatic carbocycles. The molecule has 11 nitrogen and oxygen atoms in total. The highest BCUT2D eigenvalue weighted by molar-refractivity contribution is 7.89. The number of nitrogens with one attached hydrogen (secondary N) is 2. The first kappa shape index (κ1) is 22.1. The second-order valence-electron chi connectivity index (χ2n) is 9.60. The number of hydrogen-bond donors (Lipinski definition) is 2. The van der Waals surface area contributed by atoms with Crippen molar-refractivity contribution in [1.82, 2.24) is 40.2 Å². The summed E-state index contributed by atoms with van der Waals surface area (Å²) in [5.74, 6) is 0.888. The van der Waals surface area contributed by atoms with Crippen molar-refractivity contribution in [3.05, 3.63) is 18.0 Å². The van der Waals surface area contributed by atoms with Crippen molar-refractivity contribution in [2.75, 3.05) is 18.0 Å². The number of piperazine rings is 1. The van der Waals surface area contributed by atoms with Crippen molar-refractivity contribution in [2.24, 2.45) is 7.05 Å². The van der Waals surface area contributed by atoms with Gasteiger partial charge < -0.3 is 10.2 Å². The van der Waals surface area contributed by atoms with Crippen LogP contribution in [0.3, 0.4) is 0 Å². The van der Waals surface area contributed by atoms with Gasteiger partial charge in [0.15, 0.2) is 0 Å². The number of hydrogen-bond acceptors (Lipinski definition) is 9. The zero-order valence-corrected chi connectivity index (χ0v) is 20.3. The van der Waals surface area contributed by atoms with Crippen molar-refractivity contribution in [3.8, 4) is 11.5 Å². The summed E-state index contributed by atoms with van der Waals surface area (Å²) in [4.78, 5) is 13.1. The third-order valence-corrected chi connectivity index (χ3v) is 7.79. The fourth-order valence-corrected chi connectivity index (χ4v) is 5.95. The first-order chi connectivity index (χ1) is 15.5. The smallest absolute Gasteiger partial charge is 0.241 e. The normalized spacial score (nSPS) is 22.6. The van der Waals surface area contributed by atoms with Gasteiger partial charge >= 0.3 is 0 Å². The molecule has 1 aromatic carbocycles. The molecule has 0 radical (unpaired) electrons. The van der Waals surface area contributed by atoms with Crippen molar-refractivity contribution in [1.29, 1.82) is 0 Å². The summed E-state index contributed by atoms with van der Waals surface area (Å²) >= 11 is 0. The zero-order chi connectivity index (χ0) is 23.5. The van der Waals surface area contributed by atoms with Gasteiger partial charge in [0.2, 0.25) is 15.8 Å². The second kappa shape index (κ2) is 7.67. The van der Waals surface area contributed by atoms with E-state index in [9.17, 15) is 8.42 Å². The van der Waals surface area contributed by atoms with Crippen LogP contribution in [0.2, 0.25) is 0 Å². The van der Waals surface area contributed by atoms with Crippen LogP contribution in [-0.2, 0) is 17.1 Å². The van der Waals surface area contributed by atoms with Gasteiger partial charge in [-0.1, -0.05) is 0 Å². The Labute approximate surface area is 193 Å². The van der Waals surface area contributed by atoms with E-state index in [4.69, 9.17) is 4.98 Å². The SMILES string of the molecule is Cc1nc(-c2nnn(C)n2)c2cc(S(=O)(=O)NC3(C)CC3)cc(N3C[C@H](C)N[C@@H](C)C3)c2n1. The minimum absolute atomic E-state index is 0.189. The van der Waals surface area contributed by atoms with E-state index in [1.54, 1.807) is 19.2 Å². The van der Waals surface area contributed by atoms with Crippen LogP contribution in [0.1, 0.15) is 39.4 Å². The highest BCUT2D eigenvalue weighted by atomic mass is 32.2. The number of rotatable bonds is 5. The van der Waals surface area contributed by atoms with E-state index in [0.29, 0.717) is 28.2 Å². The molecule has 1 saturated carbocycles. The maximum absolute atomic E-state index is 13.4. The Morgan fingerprint density at radius 2 is 1.85 bits per heavy atom. The number of aromatic nitrogens is 6. The monoisotopic (exact) mass is 471 g/mol. The molecule has 2 atom stereocenters. The van der Waals surface area contributed by atoms with Crippen LogP contribution in [0.15, 0.2) is 17.0 Å². The summed E-state index contributed by atoms with van der Waals surface area (Å²) in [7, 11) is -2.07. The molecule has 0 amide bonds. The summed E-state index contributed by atoms with van der Waals surface area (Å²) in [6.45, 7) is 9.44. The molecule has 176 valence electrons. The van der Waals surface area contributed by atoms with Gasteiger partial charge in [-0.15, -0.1) is 10.2 Å². The Balaban J connectivity index is 1.75. The Morgan fingerprint density at radius 3 is 2.45 bits per heavy atom. The van der Waals surface area contributed by atoms with Gasteiger partial charge in [-0.25, -0.2) is 23.1 Å². The number of aryl methyl sites for hydroxylation is 2. The molecule has 0 unspecified atom stereocenters. The number of tetrazole rings is 1. The standard InChI is InChI=1S/C21H29N9O2S/c1-12-10-30(11-13(2)22-12)17-9-15(33(31,32)27-21(4)6-7-21)8-16-18(17)23-14(3)24-19(16)20-25-28-29(5)26-20/h8-9,12-13,22,27H,6-7,10-11H2,1-5H3/t12-,13-/m0/s1. The number of benzene rings is 1. The molecule has 2 fully saturated rings. The van der Waals surface area contributed by atoms with Crippen LogP contribution in [0.5, 0.6) is 0 Å². The highest BCUT2D eigenvalue weighted by Gasteiger charge is 2.41. The first-order valence-corrected chi connectivity index (χ1v) is 12.6. The van der Waals surface area contributed by atoms with Gasteiger partial charge in [0.05, 0.1) is 23.1 Å². The molecule has 1 aliphatic heterocycles. The van der Waals surface area contributed by atoms with Gasteiger partial charge in [-0.2, -0.15) is 4.80 Å². The van der Waals surface area contributed by atoms with Crippen LogP contribution >= 0.6 is 0 Å². The second-order valence-corrected chi connectivity index (χ2v) is 11.3. The molecule has 12 heteroatoms. The van der Waals surface area contributed by atoms with E-state index >= 15 is 0 Å². The van der Waals surface area contributed by atoms with Gasteiger partial charge in [0, 0.05) is 36.1 Å². The zero-order valence-electron chi connectivity index (χ0n) is 19.5. The molecular formula is C21H29N9O2S. The minimum Gasteiger partial charge on any atom is -0.367 e. The van der Waals surface area contributed by atoms with Crippen molar-refractivity contribution in [3.63, 3.8) is 0 Å². The molecule has 3 heterocycles. The average molecular weight is 472 g/mol. The van der Waals surface area contributed by atoms with E-state index in [1.807, 2.05) is 13.8 Å². The largest absolute Gasteiger partial charge is 0.367 e. The maximum Gasteiger partial charge on any atom is 0.241 e. The van der Waals surface area contributed by atoms with E-state index in [-0.39, 0.29) is 22.5 Å².